The van der Waals surface area contributed by atoms with Crippen molar-refractivity contribution < 1.29 is 19.1 Å². The first-order valence-corrected chi connectivity index (χ1v) is 11.1. The van der Waals surface area contributed by atoms with Crippen molar-refractivity contribution in [2.24, 2.45) is 5.73 Å². The average molecular weight is 441 g/mol. The van der Waals surface area contributed by atoms with Crippen molar-refractivity contribution in [3.8, 4) is 0 Å². The average Bonchev–Trinajstić information content (AvgIpc) is 2.82. The lowest BCUT2D eigenvalue weighted by molar-refractivity contribution is 0.107. The molecule has 3 rings (SSSR count). The molecule has 1 aliphatic heterocycles. The van der Waals surface area contributed by atoms with E-state index in [1.54, 1.807) is 4.90 Å². The van der Waals surface area contributed by atoms with Crippen molar-refractivity contribution in [3.05, 3.63) is 60.7 Å². The molecule has 2 aromatic carbocycles. The van der Waals surface area contributed by atoms with E-state index in [-0.39, 0.29) is 6.09 Å². The van der Waals surface area contributed by atoms with Gasteiger partial charge in [-0.1, -0.05) is 36.4 Å². The van der Waals surface area contributed by atoms with E-state index >= 15 is 0 Å². The SMILES string of the molecule is NC(=O)OCCCN1CCN(CCCOC(=O)N(c2ccccc2)c2ccccc2)CC1. The highest BCUT2D eigenvalue weighted by Gasteiger charge is 2.20. The molecule has 2 N–H and O–H groups in total. The van der Waals surface area contributed by atoms with Gasteiger partial charge in [0.05, 0.1) is 24.6 Å². The van der Waals surface area contributed by atoms with Crippen LogP contribution in [0.4, 0.5) is 21.0 Å². The second-order valence-corrected chi connectivity index (χ2v) is 7.68. The number of primary amides is 1. The van der Waals surface area contributed by atoms with Gasteiger partial charge >= 0.3 is 12.2 Å². The van der Waals surface area contributed by atoms with E-state index in [9.17, 15) is 9.59 Å². The maximum Gasteiger partial charge on any atom is 0.418 e. The summed E-state index contributed by atoms with van der Waals surface area (Å²) >= 11 is 0. The highest BCUT2D eigenvalue weighted by atomic mass is 16.6. The fraction of sp³-hybridized carbons (Fsp3) is 0.417. The maximum absolute atomic E-state index is 12.8. The Balaban J connectivity index is 1.38. The second kappa shape index (κ2) is 12.7. The first-order chi connectivity index (χ1) is 15.6. The number of piperazine rings is 1. The van der Waals surface area contributed by atoms with Gasteiger partial charge in [-0.2, -0.15) is 0 Å². The van der Waals surface area contributed by atoms with Gasteiger partial charge in [0.1, 0.15) is 0 Å². The van der Waals surface area contributed by atoms with Gasteiger partial charge in [-0.3, -0.25) is 0 Å². The minimum Gasteiger partial charge on any atom is -0.450 e. The highest BCUT2D eigenvalue weighted by molar-refractivity contribution is 5.95. The zero-order valence-electron chi connectivity index (χ0n) is 18.4. The molecule has 0 spiro atoms. The smallest absolute Gasteiger partial charge is 0.418 e. The van der Waals surface area contributed by atoms with Crippen molar-refractivity contribution in [1.82, 2.24) is 9.80 Å². The molecule has 0 unspecified atom stereocenters. The van der Waals surface area contributed by atoms with Crippen LogP contribution in [0.5, 0.6) is 0 Å². The lowest BCUT2D eigenvalue weighted by atomic mass is 10.2. The fourth-order valence-electron chi connectivity index (χ4n) is 3.72. The molecule has 1 saturated heterocycles. The van der Waals surface area contributed by atoms with Gasteiger partial charge < -0.3 is 25.0 Å². The number of rotatable bonds is 10. The van der Waals surface area contributed by atoms with Gasteiger partial charge in [-0.25, -0.2) is 14.5 Å². The number of carbonyl (C=O) groups excluding carboxylic acids is 2. The summed E-state index contributed by atoms with van der Waals surface area (Å²) in [6.07, 6.45) is 0.491. The number of carbonyl (C=O) groups is 2. The Morgan fingerprint density at radius 3 is 1.62 bits per heavy atom. The Bertz CT molecular complexity index is 787. The number of ether oxygens (including phenoxy) is 2. The monoisotopic (exact) mass is 440 g/mol. The molecular formula is C24H32N4O4. The normalized spacial score (nSPS) is 14.6. The van der Waals surface area contributed by atoms with Gasteiger partial charge in [0, 0.05) is 39.3 Å². The number of nitrogens with zero attached hydrogens (tertiary/aromatic N) is 3. The number of para-hydroxylation sites is 2. The molecule has 32 heavy (non-hydrogen) atoms. The van der Waals surface area contributed by atoms with Crippen LogP contribution in [0.1, 0.15) is 12.8 Å². The quantitative estimate of drug-likeness (QED) is 0.569. The van der Waals surface area contributed by atoms with Crippen LogP contribution < -0.4 is 10.6 Å². The summed E-state index contributed by atoms with van der Waals surface area (Å²) in [4.78, 5) is 29.8. The first-order valence-electron chi connectivity index (χ1n) is 11.1. The fourth-order valence-corrected chi connectivity index (χ4v) is 3.72. The topological polar surface area (TPSA) is 88.3 Å². The van der Waals surface area contributed by atoms with E-state index in [1.807, 2.05) is 60.7 Å². The van der Waals surface area contributed by atoms with Crippen LogP contribution in [0.25, 0.3) is 0 Å². The molecule has 172 valence electrons. The molecule has 0 radical (unpaired) electrons. The van der Waals surface area contributed by atoms with E-state index in [4.69, 9.17) is 15.2 Å². The lowest BCUT2D eigenvalue weighted by Crippen LogP contribution is -2.47. The standard InChI is InChI=1S/C24H32N4O4/c25-23(29)31-19-7-13-26-15-17-27(18-16-26)14-8-20-32-24(30)28(21-9-3-1-4-10-21)22-11-5-2-6-12-22/h1-6,9-12H,7-8,13-20H2,(H2,25,29). The van der Waals surface area contributed by atoms with Crippen LogP contribution >= 0.6 is 0 Å². The molecule has 0 bridgehead atoms. The Labute approximate surface area is 189 Å². The number of amides is 2. The zero-order valence-corrected chi connectivity index (χ0v) is 18.4. The van der Waals surface area contributed by atoms with Gasteiger partial charge in [-0.15, -0.1) is 0 Å². The zero-order chi connectivity index (χ0) is 22.6. The van der Waals surface area contributed by atoms with E-state index in [0.717, 1.165) is 63.5 Å². The molecule has 1 aliphatic rings. The third kappa shape index (κ3) is 7.55. The van der Waals surface area contributed by atoms with Crippen molar-refractivity contribution in [2.75, 3.05) is 57.4 Å². The van der Waals surface area contributed by atoms with Crippen LogP contribution in [-0.4, -0.2) is 74.5 Å². The van der Waals surface area contributed by atoms with E-state index in [0.29, 0.717) is 13.2 Å². The first kappa shape index (κ1) is 23.6. The minimum absolute atomic E-state index is 0.365. The minimum atomic E-state index is -0.717. The molecular weight excluding hydrogens is 408 g/mol. The van der Waals surface area contributed by atoms with Crippen molar-refractivity contribution in [1.29, 1.82) is 0 Å². The maximum atomic E-state index is 12.8. The summed E-state index contributed by atoms with van der Waals surface area (Å²) in [6.45, 7) is 6.44. The van der Waals surface area contributed by atoms with Gasteiger partial charge in [-0.05, 0) is 37.1 Å². The third-order valence-corrected chi connectivity index (χ3v) is 5.38. The molecule has 8 heteroatoms. The number of hydrogen-bond donors (Lipinski definition) is 1. The van der Waals surface area contributed by atoms with Crippen molar-refractivity contribution in [3.63, 3.8) is 0 Å². The Morgan fingerprint density at radius 1 is 0.750 bits per heavy atom. The highest BCUT2D eigenvalue weighted by Crippen LogP contribution is 2.25. The Hall–Kier alpha value is -3.10. The van der Waals surface area contributed by atoms with Crippen molar-refractivity contribution >= 4 is 23.6 Å². The molecule has 2 amide bonds. The van der Waals surface area contributed by atoms with E-state index < -0.39 is 6.09 Å². The Kier molecular flexibility index (Phi) is 9.34. The van der Waals surface area contributed by atoms with Crippen LogP contribution in [-0.2, 0) is 9.47 Å². The predicted molar refractivity (Wildman–Crippen MR) is 124 cm³/mol. The summed E-state index contributed by atoms with van der Waals surface area (Å²) in [6, 6.07) is 19.1. The van der Waals surface area contributed by atoms with Gasteiger partial charge in [0.2, 0.25) is 0 Å². The van der Waals surface area contributed by atoms with Gasteiger partial charge in [0.25, 0.3) is 0 Å². The number of hydrogen-bond acceptors (Lipinski definition) is 6. The number of nitrogens with two attached hydrogens (primary N) is 1. The van der Waals surface area contributed by atoms with E-state index in [1.165, 1.54) is 0 Å². The summed E-state index contributed by atoms with van der Waals surface area (Å²) < 4.78 is 10.4. The molecule has 8 nitrogen and oxygen atoms in total. The van der Waals surface area contributed by atoms with Crippen LogP contribution in [0.2, 0.25) is 0 Å². The predicted octanol–water partition coefficient (Wildman–Crippen LogP) is 3.45. The molecule has 0 aromatic heterocycles. The van der Waals surface area contributed by atoms with Gasteiger partial charge in [0.15, 0.2) is 0 Å². The van der Waals surface area contributed by atoms with Crippen molar-refractivity contribution in [2.45, 2.75) is 12.8 Å². The summed E-state index contributed by atoms with van der Waals surface area (Å²) in [7, 11) is 0. The largest absolute Gasteiger partial charge is 0.450 e. The molecule has 1 heterocycles. The summed E-state index contributed by atoms with van der Waals surface area (Å²) in [5.41, 5.74) is 6.52. The lowest BCUT2D eigenvalue weighted by Gasteiger charge is -2.34. The molecule has 1 fully saturated rings. The third-order valence-electron chi connectivity index (χ3n) is 5.38. The number of anilines is 2. The van der Waals surface area contributed by atoms with Crippen LogP contribution in [0.15, 0.2) is 60.7 Å². The molecule has 0 saturated carbocycles. The molecule has 2 aromatic rings. The van der Waals surface area contributed by atoms with Crippen LogP contribution in [0, 0.1) is 0 Å². The second-order valence-electron chi connectivity index (χ2n) is 7.68. The molecule has 0 aliphatic carbocycles. The Morgan fingerprint density at radius 2 is 1.19 bits per heavy atom. The number of benzene rings is 2. The molecule has 0 atom stereocenters. The summed E-state index contributed by atoms with van der Waals surface area (Å²) in [5.74, 6) is 0. The van der Waals surface area contributed by atoms with E-state index in [2.05, 4.69) is 9.80 Å². The summed E-state index contributed by atoms with van der Waals surface area (Å²) in [5, 5.41) is 0. The van der Waals surface area contributed by atoms with Crippen LogP contribution in [0.3, 0.4) is 0 Å².